The third kappa shape index (κ3) is 3.94. The van der Waals surface area contributed by atoms with Gasteiger partial charge in [0.15, 0.2) is 0 Å². The van der Waals surface area contributed by atoms with Crippen LogP contribution >= 0.6 is 23.2 Å². The molecule has 1 aliphatic heterocycles. The topological polar surface area (TPSA) is 34.1 Å². The number of halogens is 2. The van der Waals surface area contributed by atoms with Gasteiger partial charge in [0.1, 0.15) is 7.11 Å². The molecule has 1 aliphatic carbocycles. The van der Waals surface area contributed by atoms with Crippen LogP contribution in [-0.2, 0) is 9.57 Å². The van der Waals surface area contributed by atoms with E-state index in [1.807, 2.05) is 18.3 Å². The monoisotopic (exact) mass is 366 g/mol. The lowest BCUT2D eigenvalue weighted by atomic mass is 10.1. The summed E-state index contributed by atoms with van der Waals surface area (Å²) in [6, 6.07) is 5.59. The first-order valence-corrected chi connectivity index (χ1v) is 8.73. The van der Waals surface area contributed by atoms with E-state index in [2.05, 4.69) is 16.1 Å². The zero-order valence-electron chi connectivity index (χ0n) is 13.6. The predicted molar refractivity (Wildman–Crippen MR) is 98.6 cm³/mol. The zero-order chi connectivity index (χ0) is 16.9. The summed E-state index contributed by atoms with van der Waals surface area (Å²) in [6.07, 6.45) is 5.86. The lowest BCUT2D eigenvalue weighted by Gasteiger charge is -2.31. The fraction of sp³-hybridized carbons (Fsp3) is 0.389. The van der Waals surface area contributed by atoms with Crippen LogP contribution < -0.4 is 0 Å². The molecular weight excluding hydrogens is 347 g/mol. The number of allylic oxidation sites excluding steroid dienone is 2. The predicted octanol–water partition coefficient (Wildman–Crippen LogP) is 4.39. The Kier molecular flexibility index (Phi) is 5.82. The van der Waals surface area contributed by atoms with E-state index in [1.165, 1.54) is 16.8 Å². The summed E-state index contributed by atoms with van der Waals surface area (Å²) in [6.45, 7) is 3.25. The van der Waals surface area contributed by atoms with Crippen molar-refractivity contribution in [2.45, 2.75) is 12.8 Å². The van der Waals surface area contributed by atoms with E-state index >= 15 is 0 Å². The van der Waals surface area contributed by atoms with Gasteiger partial charge in [-0.05, 0) is 47.8 Å². The second-order valence-corrected chi connectivity index (χ2v) is 6.57. The summed E-state index contributed by atoms with van der Waals surface area (Å²) in [5.41, 5.74) is 4.66. The molecule has 1 aromatic rings. The molecule has 3 rings (SSSR count). The number of rotatable bonds is 4. The molecule has 128 valence electrons. The van der Waals surface area contributed by atoms with Crippen molar-refractivity contribution in [3.05, 3.63) is 50.7 Å². The van der Waals surface area contributed by atoms with Gasteiger partial charge in [0, 0.05) is 28.8 Å². The van der Waals surface area contributed by atoms with E-state index in [-0.39, 0.29) is 0 Å². The van der Waals surface area contributed by atoms with Crippen molar-refractivity contribution in [1.82, 2.24) is 4.90 Å². The number of hydrogen-bond donors (Lipinski definition) is 0. The van der Waals surface area contributed by atoms with Crippen LogP contribution in [0, 0.1) is 0 Å². The van der Waals surface area contributed by atoms with Crippen LogP contribution in [0.15, 0.2) is 40.2 Å². The Morgan fingerprint density at radius 1 is 1.21 bits per heavy atom. The van der Waals surface area contributed by atoms with Crippen LogP contribution in [0.3, 0.4) is 0 Å². The molecule has 0 atom stereocenters. The number of nitrogens with zero attached hydrogens (tertiary/aromatic N) is 2. The lowest BCUT2D eigenvalue weighted by Crippen LogP contribution is -2.36. The maximum Gasteiger partial charge on any atom is 0.106 e. The number of hydrogen-bond acceptors (Lipinski definition) is 4. The van der Waals surface area contributed by atoms with Crippen molar-refractivity contribution < 1.29 is 9.57 Å². The van der Waals surface area contributed by atoms with E-state index in [0.29, 0.717) is 10.0 Å². The van der Waals surface area contributed by atoms with Gasteiger partial charge in [-0.2, -0.15) is 0 Å². The lowest BCUT2D eigenvalue weighted by molar-refractivity contribution is 0.0548. The summed E-state index contributed by atoms with van der Waals surface area (Å²) in [5.74, 6) is 0. The molecule has 2 aliphatic rings. The molecule has 0 unspecified atom stereocenters. The molecule has 0 spiro atoms. The average molecular weight is 367 g/mol. The average Bonchev–Trinajstić information content (AvgIpc) is 2.99. The molecule has 1 saturated heterocycles. The van der Waals surface area contributed by atoms with Crippen molar-refractivity contribution in [2.24, 2.45) is 5.16 Å². The number of oxime groups is 1. The Bertz CT molecular complexity index is 692. The minimum atomic E-state index is 0.644. The van der Waals surface area contributed by atoms with E-state index in [1.54, 1.807) is 13.2 Å². The van der Waals surface area contributed by atoms with Gasteiger partial charge in [-0.15, -0.1) is 0 Å². The van der Waals surface area contributed by atoms with Crippen LogP contribution in [0.5, 0.6) is 0 Å². The van der Waals surface area contributed by atoms with E-state index in [4.69, 9.17) is 32.8 Å². The highest BCUT2D eigenvalue weighted by molar-refractivity contribution is 6.35. The summed E-state index contributed by atoms with van der Waals surface area (Å²) < 4.78 is 5.48. The van der Waals surface area contributed by atoms with E-state index < -0.39 is 0 Å². The Balaban J connectivity index is 1.97. The van der Waals surface area contributed by atoms with Crippen LogP contribution in [0.2, 0.25) is 10.0 Å². The summed E-state index contributed by atoms with van der Waals surface area (Å²) >= 11 is 12.3. The highest BCUT2D eigenvalue weighted by atomic mass is 35.5. The SMILES string of the molecule is CON=CC1=C(N2CCOCC2)/C(=C/c2ccc(Cl)cc2Cl)CC1. The van der Waals surface area contributed by atoms with Gasteiger partial charge < -0.3 is 14.5 Å². The second-order valence-electron chi connectivity index (χ2n) is 5.73. The minimum absolute atomic E-state index is 0.644. The molecule has 1 fully saturated rings. The van der Waals surface area contributed by atoms with Crippen LogP contribution in [-0.4, -0.2) is 44.5 Å². The normalized spacial score (nSPS) is 20.5. The fourth-order valence-electron chi connectivity index (χ4n) is 3.09. The van der Waals surface area contributed by atoms with Gasteiger partial charge in [0.2, 0.25) is 0 Å². The molecule has 4 nitrogen and oxygen atoms in total. The number of ether oxygens (including phenoxy) is 1. The smallest absolute Gasteiger partial charge is 0.106 e. The molecule has 0 radical (unpaired) electrons. The number of morpholine rings is 1. The van der Waals surface area contributed by atoms with Crippen LogP contribution in [0.4, 0.5) is 0 Å². The van der Waals surface area contributed by atoms with Crippen molar-refractivity contribution >= 4 is 35.5 Å². The van der Waals surface area contributed by atoms with Gasteiger partial charge in [-0.1, -0.05) is 34.4 Å². The van der Waals surface area contributed by atoms with Crippen molar-refractivity contribution in [3.8, 4) is 0 Å². The van der Waals surface area contributed by atoms with Gasteiger partial charge in [-0.3, -0.25) is 0 Å². The molecule has 0 bridgehead atoms. The molecule has 1 heterocycles. The molecule has 0 saturated carbocycles. The summed E-state index contributed by atoms with van der Waals surface area (Å²) in [7, 11) is 1.56. The Morgan fingerprint density at radius 2 is 2.00 bits per heavy atom. The van der Waals surface area contributed by atoms with Crippen LogP contribution in [0.1, 0.15) is 18.4 Å². The second kappa shape index (κ2) is 8.06. The largest absolute Gasteiger partial charge is 0.399 e. The Morgan fingerprint density at radius 3 is 2.71 bits per heavy atom. The molecule has 1 aromatic carbocycles. The molecule has 6 heteroatoms. The quantitative estimate of drug-likeness (QED) is 0.585. The molecule has 0 aromatic heterocycles. The van der Waals surface area contributed by atoms with Crippen LogP contribution in [0.25, 0.3) is 6.08 Å². The number of benzene rings is 1. The molecule has 0 N–H and O–H groups in total. The van der Waals surface area contributed by atoms with Crippen molar-refractivity contribution in [1.29, 1.82) is 0 Å². The van der Waals surface area contributed by atoms with Gasteiger partial charge in [0.05, 0.1) is 19.4 Å². The Labute approximate surface area is 152 Å². The maximum atomic E-state index is 6.34. The molecule has 0 amide bonds. The van der Waals surface area contributed by atoms with Crippen molar-refractivity contribution in [3.63, 3.8) is 0 Å². The maximum absolute atomic E-state index is 6.34. The third-order valence-electron chi connectivity index (χ3n) is 4.21. The fourth-order valence-corrected chi connectivity index (χ4v) is 3.56. The van der Waals surface area contributed by atoms with Gasteiger partial charge in [0.25, 0.3) is 0 Å². The van der Waals surface area contributed by atoms with Gasteiger partial charge >= 0.3 is 0 Å². The summed E-state index contributed by atoms with van der Waals surface area (Å²) in [4.78, 5) is 7.23. The molecule has 24 heavy (non-hydrogen) atoms. The van der Waals surface area contributed by atoms with E-state index in [9.17, 15) is 0 Å². The third-order valence-corrected chi connectivity index (χ3v) is 4.77. The first kappa shape index (κ1) is 17.3. The highest BCUT2D eigenvalue weighted by Gasteiger charge is 2.25. The standard InChI is InChI=1S/C18H20Cl2N2O2/c1-23-21-12-15-3-2-14(18(15)22-6-8-24-9-7-22)10-13-4-5-16(19)11-17(13)20/h4-5,10-12H,2-3,6-9H2,1H3/b14-10+,21-12?. The molecular formula is C18H20Cl2N2O2. The highest BCUT2D eigenvalue weighted by Crippen LogP contribution is 2.36. The van der Waals surface area contributed by atoms with Gasteiger partial charge in [-0.25, -0.2) is 0 Å². The summed E-state index contributed by atoms with van der Waals surface area (Å²) in [5, 5.41) is 5.26. The Hall–Kier alpha value is -1.49. The first-order chi connectivity index (χ1) is 11.7. The minimum Gasteiger partial charge on any atom is -0.399 e. The van der Waals surface area contributed by atoms with Crippen molar-refractivity contribution in [2.75, 3.05) is 33.4 Å². The van der Waals surface area contributed by atoms with E-state index in [0.717, 1.165) is 44.7 Å². The zero-order valence-corrected chi connectivity index (χ0v) is 15.1. The first-order valence-electron chi connectivity index (χ1n) is 7.97.